The molecule has 0 aliphatic heterocycles. The molecule has 15 heavy (non-hydrogen) atoms. The first kappa shape index (κ1) is 12.2. The van der Waals surface area contributed by atoms with Crippen LogP contribution in [-0.2, 0) is 12.4 Å². The van der Waals surface area contributed by atoms with Crippen molar-refractivity contribution in [3.8, 4) is 0 Å². The minimum atomic E-state index is -9.86. The summed E-state index contributed by atoms with van der Waals surface area (Å²) in [5, 5.41) is 0. The number of benzene rings is 1. The Morgan fingerprint density at radius 3 is 1.93 bits per heavy atom. The maximum absolute atomic E-state index is 12.6. The summed E-state index contributed by atoms with van der Waals surface area (Å²) in [6.07, 6.45) is 0. The van der Waals surface area contributed by atoms with Crippen LogP contribution < -0.4 is 0 Å². The van der Waals surface area contributed by atoms with Crippen molar-refractivity contribution in [3.05, 3.63) is 24.0 Å². The topological polar surface area (TPSA) is 12.4 Å². The van der Waals surface area contributed by atoms with E-state index in [1.807, 2.05) is 0 Å². The zero-order valence-corrected chi connectivity index (χ0v) is 8.40. The molecule has 9 heteroatoms. The third-order valence-electron chi connectivity index (χ3n) is 1.41. The van der Waals surface area contributed by atoms with Crippen molar-refractivity contribution >= 4 is 28.3 Å². The van der Waals surface area contributed by atoms with Gasteiger partial charge in [-0.15, -0.1) is 0 Å². The van der Waals surface area contributed by atoms with Crippen LogP contribution in [-0.4, -0.2) is 0 Å². The van der Waals surface area contributed by atoms with E-state index in [9.17, 15) is 23.8 Å². The molecule has 0 aliphatic rings. The van der Waals surface area contributed by atoms with E-state index in [2.05, 4.69) is 16.8 Å². The lowest BCUT2D eigenvalue weighted by Crippen LogP contribution is -2.06. The Balaban J connectivity index is 3.54. The number of rotatable bonds is 2. The molecule has 0 bridgehead atoms. The molecule has 0 saturated carbocycles. The lowest BCUT2D eigenvalue weighted by Gasteiger charge is -2.40. The molecule has 0 unspecified atom stereocenters. The second-order valence-corrected chi connectivity index (χ2v) is 5.30. The van der Waals surface area contributed by atoms with Gasteiger partial charge in [0.1, 0.15) is 10.7 Å². The molecule has 0 spiro atoms. The molecule has 1 aromatic carbocycles. The Kier molecular flexibility index (Phi) is 2.16. The lowest BCUT2D eigenvalue weighted by molar-refractivity contribution is 0.363. The van der Waals surface area contributed by atoms with Crippen molar-refractivity contribution in [2.24, 2.45) is 4.36 Å². The van der Waals surface area contributed by atoms with Gasteiger partial charge in [-0.3, -0.25) is 0 Å². The molecule has 0 atom stereocenters. The Hall–Kier alpha value is -0.830. The molecule has 0 aromatic heterocycles. The first-order valence-corrected chi connectivity index (χ1v) is 5.62. The summed E-state index contributed by atoms with van der Waals surface area (Å²) in [5.74, 6) is -1.47. The van der Waals surface area contributed by atoms with Crippen molar-refractivity contribution in [1.82, 2.24) is 0 Å². The van der Waals surface area contributed by atoms with Gasteiger partial charge in [-0.25, -0.2) is 4.39 Å². The predicted octanol–water partition coefficient (Wildman–Crippen LogP) is 4.85. The maximum atomic E-state index is 12.6. The number of hydrogen-bond donors (Lipinski definition) is 0. The van der Waals surface area contributed by atoms with Gasteiger partial charge in [-0.1, -0.05) is 19.4 Å². The zero-order chi connectivity index (χ0) is 12.0. The molecular formula is C6H3F6NS2. The van der Waals surface area contributed by atoms with E-state index in [4.69, 9.17) is 0 Å². The van der Waals surface area contributed by atoms with Gasteiger partial charge in [0.05, 0.1) is 5.69 Å². The van der Waals surface area contributed by atoms with E-state index in [0.717, 1.165) is 0 Å². The normalized spacial score (nSPS) is 16.7. The Labute approximate surface area is 86.0 Å². The molecule has 1 rings (SSSR count). The highest BCUT2D eigenvalue weighted by Gasteiger charge is 2.65. The van der Waals surface area contributed by atoms with Gasteiger partial charge in [0.2, 0.25) is 0 Å². The van der Waals surface area contributed by atoms with Crippen molar-refractivity contribution in [2.75, 3.05) is 0 Å². The highest BCUT2D eigenvalue weighted by molar-refractivity contribution is 8.45. The monoisotopic (exact) mass is 267 g/mol. The minimum absolute atomic E-state index is 0.0115. The van der Waals surface area contributed by atoms with E-state index < -0.39 is 26.6 Å². The minimum Gasteiger partial charge on any atom is -0.207 e. The van der Waals surface area contributed by atoms with E-state index in [-0.39, 0.29) is 12.1 Å². The quantitative estimate of drug-likeness (QED) is 0.698. The van der Waals surface area contributed by atoms with Crippen molar-refractivity contribution in [1.29, 1.82) is 0 Å². The highest BCUT2D eigenvalue weighted by atomic mass is 32.5. The Morgan fingerprint density at radius 1 is 1.00 bits per heavy atom. The molecule has 0 fully saturated rings. The number of halogens is 6. The summed E-state index contributed by atoms with van der Waals surface area (Å²) in [7, 11) is -9.86. The predicted molar refractivity (Wildman–Crippen MR) is 47.2 cm³/mol. The fourth-order valence-electron chi connectivity index (χ4n) is 0.823. The van der Waals surface area contributed by atoms with E-state index in [0.29, 0.717) is 6.07 Å². The molecule has 0 aliphatic carbocycles. The molecule has 1 nitrogen and oxygen atoms in total. The zero-order valence-electron chi connectivity index (χ0n) is 6.76. The Bertz CT molecular complexity index is 424. The van der Waals surface area contributed by atoms with Crippen LogP contribution in [0.2, 0.25) is 0 Å². The van der Waals surface area contributed by atoms with Crippen LogP contribution >= 0.6 is 10.2 Å². The number of nitrogens with zero attached hydrogens (tertiary/aromatic N) is 1. The molecule has 0 radical (unpaired) electrons. The van der Waals surface area contributed by atoms with Gasteiger partial charge in [0.15, 0.2) is 0 Å². The molecular weight excluding hydrogens is 264 g/mol. The molecule has 0 heterocycles. The van der Waals surface area contributed by atoms with Gasteiger partial charge in [0.25, 0.3) is 0 Å². The largest absolute Gasteiger partial charge is 0.310 e. The van der Waals surface area contributed by atoms with Gasteiger partial charge >= 0.3 is 10.2 Å². The van der Waals surface area contributed by atoms with Crippen LogP contribution in [0.15, 0.2) is 27.5 Å². The first-order chi connectivity index (χ1) is 6.42. The Morgan fingerprint density at radius 2 is 1.53 bits per heavy atom. The van der Waals surface area contributed by atoms with Crippen molar-refractivity contribution < 1.29 is 23.8 Å². The number of hydrogen-bond acceptors (Lipinski definition) is 2. The summed E-state index contributed by atoms with van der Waals surface area (Å²) in [6.45, 7) is 0. The van der Waals surface area contributed by atoms with E-state index >= 15 is 0 Å². The summed E-state index contributed by atoms with van der Waals surface area (Å²) in [6, 6.07) is 0.253. The second-order valence-electron chi connectivity index (χ2n) is 2.71. The lowest BCUT2D eigenvalue weighted by atomic mass is 10.3. The van der Waals surface area contributed by atoms with Crippen molar-refractivity contribution in [3.63, 3.8) is 0 Å². The van der Waals surface area contributed by atoms with Crippen LogP contribution in [0.25, 0.3) is 0 Å². The summed E-state index contributed by atoms with van der Waals surface area (Å²) in [4.78, 5) is -2.33. The van der Waals surface area contributed by atoms with Crippen LogP contribution in [0.1, 0.15) is 0 Å². The average Bonchev–Trinajstić information content (AvgIpc) is 1.99. The van der Waals surface area contributed by atoms with Gasteiger partial charge in [-0.2, -0.15) is 4.36 Å². The molecule has 86 valence electrons. The van der Waals surface area contributed by atoms with Crippen molar-refractivity contribution in [2.45, 2.75) is 4.90 Å². The van der Waals surface area contributed by atoms with Crippen LogP contribution in [0, 0.1) is 5.82 Å². The van der Waals surface area contributed by atoms with Gasteiger partial charge < -0.3 is 0 Å². The average molecular weight is 267 g/mol. The summed E-state index contributed by atoms with van der Waals surface area (Å²) in [5.41, 5.74) is -0.673. The van der Waals surface area contributed by atoms with Gasteiger partial charge in [-0.05, 0) is 12.1 Å². The summed E-state index contributed by atoms with van der Waals surface area (Å²) >= 11 is 3.99. The van der Waals surface area contributed by atoms with Crippen LogP contribution in [0.5, 0.6) is 0 Å². The van der Waals surface area contributed by atoms with Crippen LogP contribution in [0.4, 0.5) is 29.5 Å². The molecule has 1 aromatic rings. The fraction of sp³-hybridized carbons (Fsp3) is 0. The molecule has 0 amide bonds. The van der Waals surface area contributed by atoms with Crippen LogP contribution in [0.3, 0.4) is 0 Å². The first-order valence-electron chi connectivity index (χ1n) is 3.30. The third-order valence-corrected chi connectivity index (χ3v) is 2.74. The third kappa shape index (κ3) is 3.06. The van der Waals surface area contributed by atoms with E-state index in [1.54, 1.807) is 0 Å². The molecule has 0 N–H and O–H groups in total. The molecule has 0 saturated heterocycles. The fourth-order valence-corrected chi connectivity index (χ4v) is 1.61. The summed E-state index contributed by atoms with van der Waals surface area (Å²) < 4.78 is 76.4. The SMILES string of the molecule is Fc1cc(N=S)cc(S(F)(F)(F)(F)F)c1. The second kappa shape index (κ2) is 2.64. The standard InChI is InChI=1S/C6H3F6NS2/c7-4-1-5(13-14)3-6(2-4)15(8,9,10,11)12/h1-3H. The van der Waals surface area contributed by atoms with Gasteiger partial charge in [0, 0.05) is 18.5 Å². The maximum Gasteiger partial charge on any atom is 0.310 e. The smallest absolute Gasteiger partial charge is 0.207 e. The highest BCUT2D eigenvalue weighted by Crippen LogP contribution is 3.02. The van der Waals surface area contributed by atoms with E-state index in [1.165, 1.54) is 0 Å².